The van der Waals surface area contributed by atoms with Gasteiger partial charge in [-0.3, -0.25) is 14.4 Å². The molecule has 15 nitrogen and oxygen atoms in total. The Morgan fingerprint density at radius 3 is 2.24 bits per heavy atom. The van der Waals surface area contributed by atoms with E-state index in [1.165, 1.54) is 53.2 Å². The Kier molecular flexibility index (Phi) is 12.7. The van der Waals surface area contributed by atoms with Gasteiger partial charge in [0.05, 0.1) is 41.2 Å². The Labute approximate surface area is 312 Å². The lowest BCUT2D eigenvalue weighted by Crippen LogP contribution is -2.46. The summed E-state index contributed by atoms with van der Waals surface area (Å²) in [5.41, 5.74) is -0.251. The number of anilines is 1. The van der Waals surface area contributed by atoms with Crippen LogP contribution >= 0.6 is 0 Å². The standard InChI is InChI=1S/C39H49NO14/c1-17-11-10-12-18(2)38(49)40-24-15-26(51-16-27(42)43)28-29(34(24)47)33(46)22(6)36-30(28)37(48)39(8,54-36)52-14-13-25(50-9)19(3)35(53-23(7)41)21(5)32(45)20(4)31(17)44/h10-15,17,19-21,25,31-32,35,44-47H,16H2,1-9H3,(H,40,49)(H,42,43)/b11-10+,14-13+,18-12-/t17-,19+,20-,21+,25+,31-,32+,35-,39+/m1/s1. The first-order valence-corrected chi connectivity index (χ1v) is 17.5. The second-order valence-corrected chi connectivity index (χ2v) is 14.1. The molecule has 2 aromatic carbocycles. The van der Waals surface area contributed by atoms with E-state index in [-0.39, 0.29) is 44.7 Å². The Balaban J connectivity index is 1.93. The summed E-state index contributed by atoms with van der Waals surface area (Å²) in [7, 11) is 1.41. The van der Waals surface area contributed by atoms with Gasteiger partial charge in [0.2, 0.25) is 0 Å². The van der Waals surface area contributed by atoms with Crippen molar-refractivity contribution in [2.45, 2.75) is 85.6 Å². The third-order valence-electron chi connectivity index (χ3n) is 10.2. The van der Waals surface area contributed by atoms with E-state index in [9.17, 15) is 44.7 Å². The number of carboxylic acid groups (broad SMARTS) is 1. The number of allylic oxidation sites excluding steroid dienone is 2. The van der Waals surface area contributed by atoms with Crippen molar-refractivity contribution in [3.63, 3.8) is 0 Å². The van der Waals surface area contributed by atoms with Gasteiger partial charge in [-0.25, -0.2) is 4.79 Å². The molecule has 15 heteroatoms. The average Bonchev–Trinajstić information content (AvgIpc) is 3.38. The van der Waals surface area contributed by atoms with Gasteiger partial charge >= 0.3 is 17.7 Å². The van der Waals surface area contributed by atoms with Crippen LogP contribution in [0.15, 0.2) is 42.2 Å². The summed E-state index contributed by atoms with van der Waals surface area (Å²) in [5.74, 6) is -9.54. The van der Waals surface area contributed by atoms with Crippen molar-refractivity contribution in [3.05, 3.63) is 53.3 Å². The normalized spacial score (nSPS) is 31.5. The second kappa shape index (κ2) is 16.5. The number of phenols is 2. The summed E-state index contributed by atoms with van der Waals surface area (Å²) < 4.78 is 28.9. The molecule has 1 amide bonds. The summed E-state index contributed by atoms with van der Waals surface area (Å²) in [6.45, 7) is 11.4. The molecule has 54 heavy (non-hydrogen) atoms. The summed E-state index contributed by atoms with van der Waals surface area (Å²) in [6.07, 6.45) is 3.37. The van der Waals surface area contributed by atoms with Gasteiger partial charge in [-0.1, -0.05) is 45.9 Å². The van der Waals surface area contributed by atoms with Crippen LogP contribution in [0.3, 0.4) is 0 Å². The highest BCUT2D eigenvalue weighted by atomic mass is 16.7. The lowest BCUT2D eigenvalue weighted by Gasteiger charge is -2.38. The molecule has 0 saturated carbocycles. The second-order valence-electron chi connectivity index (χ2n) is 14.1. The largest absolute Gasteiger partial charge is 0.507 e. The van der Waals surface area contributed by atoms with E-state index in [1.54, 1.807) is 39.8 Å². The average molecular weight is 756 g/mol. The minimum Gasteiger partial charge on any atom is -0.507 e. The molecule has 0 fully saturated rings. The third kappa shape index (κ3) is 8.17. The molecular formula is C39H49NO14. The Hall–Kier alpha value is -5.12. The van der Waals surface area contributed by atoms with E-state index >= 15 is 0 Å². The number of benzene rings is 2. The fourth-order valence-electron chi connectivity index (χ4n) is 6.89. The molecular weight excluding hydrogens is 706 g/mol. The Bertz CT molecular complexity index is 1900. The summed E-state index contributed by atoms with van der Waals surface area (Å²) in [4.78, 5) is 51.3. The third-order valence-corrected chi connectivity index (χ3v) is 10.2. The fourth-order valence-corrected chi connectivity index (χ4v) is 6.89. The molecule has 0 aliphatic carbocycles. The summed E-state index contributed by atoms with van der Waals surface area (Å²) in [5, 5.41) is 57.0. The van der Waals surface area contributed by atoms with Gasteiger partial charge in [-0.05, 0) is 19.9 Å². The van der Waals surface area contributed by atoms with E-state index in [0.717, 1.165) is 6.07 Å². The number of methoxy groups -OCH3 is 1. The number of fused-ring (bicyclic) bond motifs is 14. The zero-order valence-corrected chi connectivity index (χ0v) is 31.7. The van der Waals surface area contributed by atoms with Crippen LogP contribution in [0, 0.1) is 30.6 Å². The van der Waals surface area contributed by atoms with Crippen LogP contribution in [0.1, 0.15) is 64.4 Å². The molecule has 0 radical (unpaired) electrons. The number of aliphatic hydroxyl groups excluding tert-OH is 2. The minimum absolute atomic E-state index is 0.0301. The van der Waals surface area contributed by atoms with Crippen LogP contribution in [0.4, 0.5) is 5.69 Å². The number of esters is 1. The topological polar surface area (TPSA) is 228 Å². The van der Waals surface area contributed by atoms with Gasteiger partial charge in [-0.15, -0.1) is 0 Å². The van der Waals surface area contributed by atoms with Crippen molar-refractivity contribution in [2.75, 3.05) is 19.0 Å². The number of aromatic hydroxyl groups is 2. The molecule has 3 aliphatic heterocycles. The Morgan fingerprint density at radius 1 is 0.963 bits per heavy atom. The molecule has 9 atom stereocenters. The molecule has 3 aliphatic rings. The fraction of sp³-hybridized carbons (Fsp3) is 0.487. The first kappa shape index (κ1) is 41.6. The molecule has 0 unspecified atom stereocenters. The maximum absolute atomic E-state index is 14.2. The van der Waals surface area contributed by atoms with E-state index in [0.29, 0.717) is 0 Å². The number of amides is 1. The zero-order valence-electron chi connectivity index (χ0n) is 31.7. The predicted octanol–water partition coefficient (Wildman–Crippen LogP) is 4.51. The summed E-state index contributed by atoms with van der Waals surface area (Å²) >= 11 is 0. The Morgan fingerprint density at radius 2 is 1.63 bits per heavy atom. The number of aliphatic hydroxyl groups is 2. The van der Waals surface area contributed by atoms with E-state index in [1.807, 2.05) is 0 Å². The van der Waals surface area contributed by atoms with Gasteiger partial charge in [0.15, 0.2) is 12.4 Å². The van der Waals surface area contributed by atoms with Crippen LogP contribution in [0.2, 0.25) is 0 Å². The predicted molar refractivity (Wildman–Crippen MR) is 195 cm³/mol. The first-order valence-electron chi connectivity index (χ1n) is 17.5. The number of Topliss-reactive ketones (excluding diaryl/α,β-unsaturated/α-hetero) is 1. The van der Waals surface area contributed by atoms with Gasteiger partial charge in [0.1, 0.15) is 23.4 Å². The highest BCUT2D eigenvalue weighted by molar-refractivity contribution is 6.21. The molecule has 294 valence electrons. The molecule has 3 heterocycles. The highest BCUT2D eigenvalue weighted by Crippen LogP contribution is 2.54. The molecule has 2 aromatic rings. The molecule has 6 N–H and O–H groups in total. The van der Waals surface area contributed by atoms with E-state index in [4.69, 9.17) is 23.7 Å². The highest BCUT2D eigenvalue weighted by Gasteiger charge is 2.49. The van der Waals surface area contributed by atoms with Crippen molar-refractivity contribution < 1.29 is 68.4 Å². The number of carbonyl (C=O) groups excluding carboxylic acids is 3. The smallest absolute Gasteiger partial charge is 0.341 e. The number of ketones is 1. The number of carboxylic acids is 1. The minimum atomic E-state index is -2.05. The number of aliphatic carboxylic acids is 1. The van der Waals surface area contributed by atoms with Crippen molar-refractivity contribution in [1.29, 1.82) is 0 Å². The number of hydrogen-bond acceptors (Lipinski definition) is 13. The van der Waals surface area contributed by atoms with Gasteiger partial charge in [0.25, 0.3) is 11.7 Å². The van der Waals surface area contributed by atoms with Gasteiger partial charge in [0, 0.05) is 67.2 Å². The quantitative estimate of drug-likeness (QED) is 0.182. The van der Waals surface area contributed by atoms with Crippen molar-refractivity contribution >= 4 is 40.1 Å². The van der Waals surface area contributed by atoms with Crippen LogP contribution in [-0.4, -0.2) is 93.1 Å². The molecule has 0 aromatic heterocycles. The van der Waals surface area contributed by atoms with E-state index < -0.39 is 95.6 Å². The first-order chi connectivity index (χ1) is 25.2. The molecule has 0 spiro atoms. The monoisotopic (exact) mass is 755 g/mol. The van der Waals surface area contributed by atoms with E-state index in [2.05, 4.69) is 5.32 Å². The zero-order chi connectivity index (χ0) is 40.4. The van der Waals surface area contributed by atoms with Gasteiger partial charge < -0.3 is 54.5 Å². The number of carbonyl (C=O) groups is 4. The maximum Gasteiger partial charge on any atom is 0.341 e. The maximum atomic E-state index is 14.2. The number of nitrogens with one attached hydrogen (secondary N) is 1. The van der Waals surface area contributed by atoms with Crippen LogP contribution in [0.25, 0.3) is 10.8 Å². The van der Waals surface area contributed by atoms with Crippen LogP contribution < -0.4 is 14.8 Å². The number of rotatable bonds is 5. The van der Waals surface area contributed by atoms with Crippen molar-refractivity contribution in [3.8, 4) is 23.0 Å². The molecule has 0 saturated heterocycles. The van der Waals surface area contributed by atoms with Gasteiger partial charge in [-0.2, -0.15) is 0 Å². The lowest BCUT2D eigenvalue weighted by molar-refractivity contribution is -0.160. The number of hydrogen-bond donors (Lipinski definition) is 6. The lowest BCUT2D eigenvalue weighted by atomic mass is 9.78. The van der Waals surface area contributed by atoms with Crippen molar-refractivity contribution in [1.82, 2.24) is 0 Å². The molecule has 5 bridgehead atoms. The van der Waals surface area contributed by atoms with Crippen molar-refractivity contribution in [2.24, 2.45) is 23.7 Å². The molecule has 5 rings (SSSR count). The number of ether oxygens (including phenoxy) is 5. The SMILES string of the molecule is CO[C@H]1/C=C/O[C@@]2(C)Oc3c(C)c(O)c4c(O)c(cc(OCC(=O)O)c4c3C2=O)NC(=O)/C(C)=C\C=C\[C@@H](C)[C@@H](O)[C@@H](C)[C@H](O)[C@H](C)[C@H](OC(C)=O)[C@H]1C. The number of phenolic OH excluding ortho intramolecular Hbond substituents is 2. The summed E-state index contributed by atoms with van der Waals surface area (Å²) in [6, 6.07) is 1.13. The van der Waals surface area contributed by atoms with Crippen LogP contribution in [-0.2, 0) is 28.6 Å². The van der Waals surface area contributed by atoms with Crippen LogP contribution in [0.5, 0.6) is 23.0 Å².